The number of hydrogen-bond acceptors (Lipinski definition) is 5. The van der Waals surface area contributed by atoms with E-state index in [4.69, 9.17) is 4.98 Å². The summed E-state index contributed by atoms with van der Waals surface area (Å²) in [7, 11) is 0. The van der Waals surface area contributed by atoms with Gasteiger partial charge in [-0.05, 0) is 13.0 Å². The van der Waals surface area contributed by atoms with Crippen molar-refractivity contribution in [1.29, 1.82) is 0 Å². The Kier molecular flexibility index (Phi) is 4.48. The Bertz CT molecular complexity index is 412. The molecule has 1 fully saturated rings. The van der Waals surface area contributed by atoms with Crippen LogP contribution >= 0.6 is 11.3 Å². The minimum Gasteiger partial charge on any atom is -0.314 e. The van der Waals surface area contributed by atoms with Gasteiger partial charge in [0.1, 0.15) is 5.01 Å². The van der Waals surface area contributed by atoms with Crippen LogP contribution in [-0.2, 0) is 19.5 Å². The second kappa shape index (κ2) is 6.31. The molecule has 0 unspecified atom stereocenters. The number of piperazine rings is 1. The van der Waals surface area contributed by atoms with Crippen LogP contribution in [0.25, 0.3) is 0 Å². The van der Waals surface area contributed by atoms with E-state index in [2.05, 4.69) is 22.0 Å². The SMILES string of the molecule is CCCN1CCc2nc(CN3CCNCC3)sc2C1. The number of nitrogens with one attached hydrogen (secondary N) is 1. The standard InChI is InChI=1S/C14H24N4S/c1-2-6-17-7-3-12-13(10-17)19-14(16-12)11-18-8-4-15-5-9-18/h15H,2-11H2,1H3. The van der Waals surface area contributed by atoms with Gasteiger partial charge in [-0.2, -0.15) is 0 Å². The third-order valence-corrected chi connectivity index (χ3v) is 5.03. The Morgan fingerprint density at radius 2 is 2.05 bits per heavy atom. The quantitative estimate of drug-likeness (QED) is 0.901. The molecule has 0 aliphatic carbocycles. The number of aromatic nitrogens is 1. The van der Waals surface area contributed by atoms with E-state index in [0.717, 1.165) is 45.7 Å². The Morgan fingerprint density at radius 1 is 1.21 bits per heavy atom. The third kappa shape index (κ3) is 3.34. The Balaban J connectivity index is 1.62. The molecular weight excluding hydrogens is 256 g/mol. The van der Waals surface area contributed by atoms with Crippen LogP contribution in [0.2, 0.25) is 0 Å². The topological polar surface area (TPSA) is 31.4 Å². The Hall–Kier alpha value is -0.490. The highest BCUT2D eigenvalue weighted by Gasteiger charge is 2.21. The van der Waals surface area contributed by atoms with Gasteiger partial charge in [-0.25, -0.2) is 4.98 Å². The molecule has 3 rings (SSSR count). The highest BCUT2D eigenvalue weighted by molar-refractivity contribution is 7.11. The fourth-order valence-electron chi connectivity index (χ4n) is 2.94. The average Bonchev–Trinajstić information content (AvgIpc) is 2.82. The van der Waals surface area contributed by atoms with E-state index < -0.39 is 0 Å². The molecule has 0 saturated carbocycles. The van der Waals surface area contributed by atoms with Crippen molar-refractivity contribution in [1.82, 2.24) is 20.1 Å². The molecule has 0 radical (unpaired) electrons. The molecule has 2 aliphatic heterocycles. The van der Waals surface area contributed by atoms with E-state index in [-0.39, 0.29) is 0 Å². The van der Waals surface area contributed by atoms with Gasteiger partial charge < -0.3 is 5.32 Å². The van der Waals surface area contributed by atoms with Crippen LogP contribution in [0.15, 0.2) is 0 Å². The Morgan fingerprint density at radius 3 is 2.84 bits per heavy atom. The summed E-state index contributed by atoms with van der Waals surface area (Å²) < 4.78 is 0. The summed E-state index contributed by atoms with van der Waals surface area (Å²) in [6.45, 7) is 11.4. The normalized spacial score (nSPS) is 21.5. The largest absolute Gasteiger partial charge is 0.314 e. The number of rotatable bonds is 4. The highest BCUT2D eigenvalue weighted by atomic mass is 32.1. The number of nitrogens with zero attached hydrogens (tertiary/aromatic N) is 3. The van der Waals surface area contributed by atoms with Crippen LogP contribution in [-0.4, -0.2) is 54.1 Å². The van der Waals surface area contributed by atoms with E-state index in [1.54, 1.807) is 0 Å². The second-order valence-corrected chi connectivity index (χ2v) is 6.70. The summed E-state index contributed by atoms with van der Waals surface area (Å²) in [5.74, 6) is 0. The van der Waals surface area contributed by atoms with Crippen molar-refractivity contribution in [2.75, 3.05) is 39.3 Å². The lowest BCUT2D eigenvalue weighted by Crippen LogP contribution is -2.42. The van der Waals surface area contributed by atoms with Gasteiger partial charge in [-0.15, -0.1) is 11.3 Å². The zero-order valence-electron chi connectivity index (χ0n) is 11.8. The zero-order chi connectivity index (χ0) is 13.1. The molecule has 1 aromatic rings. The van der Waals surface area contributed by atoms with Gasteiger partial charge >= 0.3 is 0 Å². The molecule has 0 amide bonds. The minimum absolute atomic E-state index is 1.05. The first-order valence-electron chi connectivity index (χ1n) is 7.48. The predicted molar refractivity (Wildman–Crippen MR) is 79.5 cm³/mol. The maximum atomic E-state index is 4.87. The van der Waals surface area contributed by atoms with Crippen LogP contribution in [0, 0.1) is 0 Å². The van der Waals surface area contributed by atoms with Crippen molar-refractivity contribution in [3.63, 3.8) is 0 Å². The van der Waals surface area contributed by atoms with Crippen molar-refractivity contribution in [2.24, 2.45) is 0 Å². The smallest absolute Gasteiger partial charge is 0.107 e. The molecule has 3 heterocycles. The second-order valence-electron chi connectivity index (χ2n) is 5.53. The minimum atomic E-state index is 1.05. The van der Waals surface area contributed by atoms with Crippen LogP contribution < -0.4 is 5.32 Å². The van der Waals surface area contributed by atoms with E-state index in [9.17, 15) is 0 Å². The van der Waals surface area contributed by atoms with Gasteiger partial charge in [0.15, 0.2) is 0 Å². The first kappa shape index (κ1) is 13.5. The van der Waals surface area contributed by atoms with Gasteiger partial charge in [-0.1, -0.05) is 6.92 Å². The molecule has 1 saturated heterocycles. The molecule has 2 aliphatic rings. The number of fused-ring (bicyclic) bond motifs is 1. The van der Waals surface area contributed by atoms with E-state index >= 15 is 0 Å². The highest BCUT2D eigenvalue weighted by Crippen LogP contribution is 2.26. The average molecular weight is 280 g/mol. The van der Waals surface area contributed by atoms with Gasteiger partial charge in [0, 0.05) is 50.6 Å². The summed E-state index contributed by atoms with van der Waals surface area (Å²) in [4.78, 5) is 11.5. The first-order valence-corrected chi connectivity index (χ1v) is 8.29. The van der Waals surface area contributed by atoms with Gasteiger partial charge in [0.05, 0.1) is 12.2 Å². The fraction of sp³-hybridized carbons (Fsp3) is 0.786. The lowest BCUT2D eigenvalue weighted by molar-refractivity contribution is 0.232. The summed E-state index contributed by atoms with van der Waals surface area (Å²) in [6.07, 6.45) is 2.40. The van der Waals surface area contributed by atoms with Crippen molar-refractivity contribution in [2.45, 2.75) is 32.9 Å². The molecular formula is C14H24N4S. The molecule has 0 spiro atoms. The molecule has 0 bridgehead atoms. The number of thiazole rings is 1. The van der Waals surface area contributed by atoms with E-state index in [0.29, 0.717) is 0 Å². The molecule has 5 heteroatoms. The first-order chi connectivity index (χ1) is 9.35. The van der Waals surface area contributed by atoms with Crippen molar-refractivity contribution in [3.8, 4) is 0 Å². The Labute approximate surface area is 119 Å². The fourth-order valence-corrected chi connectivity index (χ4v) is 4.14. The van der Waals surface area contributed by atoms with Crippen LogP contribution in [0.4, 0.5) is 0 Å². The molecule has 4 nitrogen and oxygen atoms in total. The summed E-state index contributed by atoms with van der Waals surface area (Å²) in [5.41, 5.74) is 1.38. The van der Waals surface area contributed by atoms with E-state index in [1.165, 1.54) is 35.1 Å². The van der Waals surface area contributed by atoms with Gasteiger partial charge in [0.25, 0.3) is 0 Å². The zero-order valence-corrected chi connectivity index (χ0v) is 12.6. The van der Waals surface area contributed by atoms with Gasteiger partial charge in [0.2, 0.25) is 0 Å². The molecule has 106 valence electrons. The maximum absolute atomic E-state index is 4.87. The summed E-state index contributed by atoms with van der Waals surface area (Å²) in [6, 6.07) is 0. The van der Waals surface area contributed by atoms with Gasteiger partial charge in [-0.3, -0.25) is 9.80 Å². The summed E-state index contributed by atoms with van der Waals surface area (Å²) in [5, 5.41) is 4.73. The molecule has 0 aromatic carbocycles. The lowest BCUT2D eigenvalue weighted by atomic mass is 10.2. The molecule has 1 N–H and O–H groups in total. The van der Waals surface area contributed by atoms with Crippen LogP contribution in [0.1, 0.15) is 28.9 Å². The molecule has 19 heavy (non-hydrogen) atoms. The van der Waals surface area contributed by atoms with Crippen molar-refractivity contribution >= 4 is 11.3 Å². The molecule has 1 aromatic heterocycles. The predicted octanol–water partition coefficient (Wildman–Crippen LogP) is 1.32. The summed E-state index contributed by atoms with van der Waals surface area (Å²) >= 11 is 1.94. The third-order valence-electron chi connectivity index (χ3n) is 3.96. The van der Waals surface area contributed by atoms with E-state index in [1.807, 2.05) is 11.3 Å². The lowest BCUT2D eigenvalue weighted by Gasteiger charge is -2.26. The number of hydrogen-bond donors (Lipinski definition) is 1. The van der Waals surface area contributed by atoms with Crippen molar-refractivity contribution < 1.29 is 0 Å². The maximum Gasteiger partial charge on any atom is 0.107 e. The van der Waals surface area contributed by atoms with Crippen LogP contribution in [0.5, 0.6) is 0 Å². The van der Waals surface area contributed by atoms with Crippen LogP contribution in [0.3, 0.4) is 0 Å². The molecule has 0 atom stereocenters. The monoisotopic (exact) mass is 280 g/mol. The van der Waals surface area contributed by atoms with Crippen molar-refractivity contribution in [3.05, 3.63) is 15.6 Å².